The first kappa shape index (κ1) is 14.4. The van der Waals surface area contributed by atoms with Gasteiger partial charge in [0.15, 0.2) is 9.84 Å². The average Bonchev–Trinajstić information content (AvgIpc) is 2.38. The van der Waals surface area contributed by atoms with Crippen molar-refractivity contribution >= 4 is 27.0 Å². The first-order chi connectivity index (χ1) is 9.36. The van der Waals surface area contributed by atoms with Crippen molar-refractivity contribution in [3.63, 3.8) is 0 Å². The largest absolute Gasteiger partial charge is 0.456 e. The van der Waals surface area contributed by atoms with Crippen LogP contribution in [0.2, 0.25) is 0 Å². The lowest BCUT2D eigenvalue weighted by molar-refractivity contribution is 0.478. The third-order valence-corrected chi connectivity index (χ3v) is 3.78. The van der Waals surface area contributed by atoms with Crippen LogP contribution < -0.4 is 10.5 Å². The lowest BCUT2D eigenvalue weighted by Crippen LogP contribution is -2.10. The maximum atomic E-state index is 11.5. The summed E-state index contributed by atoms with van der Waals surface area (Å²) in [5.41, 5.74) is 5.94. The van der Waals surface area contributed by atoms with Crippen LogP contribution in [0.3, 0.4) is 0 Å². The van der Waals surface area contributed by atoms with Crippen molar-refractivity contribution < 1.29 is 13.2 Å². The Labute approximate surface area is 122 Å². The van der Waals surface area contributed by atoms with Crippen molar-refractivity contribution in [2.24, 2.45) is 5.73 Å². The lowest BCUT2D eigenvalue weighted by Gasteiger charge is -2.07. The van der Waals surface area contributed by atoms with Crippen molar-refractivity contribution in [1.82, 2.24) is 4.98 Å². The van der Waals surface area contributed by atoms with Crippen molar-refractivity contribution in [3.8, 4) is 11.5 Å². The van der Waals surface area contributed by atoms with Crippen LogP contribution in [0.15, 0.2) is 47.5 Å². The molecule has 0 aliphatic rings. The van der Waals surface area contributed by atoms with Gasteiger partial charge >= 0.3 is 0 Å². The molecule has 0 unspecified atom stereocenters. The Morgan fingerprint density at radius 2 is 2.00 bits per heavy atom. The van der Waals surface area contributed by atoms with Crippen LogP contribution in [0, 0.1) is 0 Å². The third-order valence-electron chi connectivity index (χ3n) is 2.46. The summed E-state index contributed by atoms with van der Waals surface area (Å²) in [5, 5.41) is 0. The van der Waals surface area contributed by atoms with Gasteiger partial charge in [-0.25, -0.2) is 13.4 Å². The minimum Gasteiger partial charge on any atom is -0.456 e. The van der Waals surface area contributed by atoms with E-state index < -0.39 is 9.84 Å². The van der Waals surface area contributed by atoms with Crippen LogP contribution in [-0.2, 0) is 9.84 Å². The molecule has 1 aromatic heterocycles. The number of nitrogens with two attached hydrogens (primary N) is 1. The Morgan fingerprint density at radius 3 is 2.55 bits per heavy atom. The van der Waals surface area contributed by atoms with Crippen LogP contribution in [-0.4, -0.2) is 24.6 Å². The van der Waals surface area contributed by atoms with Gasteiger partial charge in [0.25, 0.3) is 0 Å². The highest BCUT2D eigenvalue weighted by molar-refractivity contribution is 7.90. The molecule has 0 spiro atoms. The second-order valence-electron chi connectivity index (χ2n) is 4.09. The molecule has 1 aromatic carbocycles. The number of thiocarbonyl (C=S) groups is 1. The van der Waals surface area contributed by atoms with Gasteiger partial charge in [-0.3, -0.25) is 0 Å². The number of hydrogen-bond acceptors (Lipinski definition) is 5. The molecule has 0 aliphatic heterocycles. The van der Waals surface area contributed by atoms with Gasteiger partial charge in [-0.15, -0.1) is 0 Å². The SMILES string of the molecule is CS(=O)(=O)c1cccc(Oc2ccc(C(N)=S)nc2)c1. The molecule has 0 atom stereocenters. The summed E-state index contributed by atoms with van der Waals surface area (Å²) in [6.45, 7) is 0. The number of hydrogen-bond donors (Lipinski definition) is 1. The fraction of sp³-hybridized carbons (Fsp3) is 0.0769. The van der Waals surface area contributed by atoms with Gasteiger partial charge in [0, 0.05) is 6.26 Å². The monoisotopic (exact) mass is 308 g/mol. The zero-order chi connectivity index (χ0) is 14.8. The van der Waals surface area contributed by atoms with Gasteiger partial charge in [-0.05, 0) is 30.3 Å². The Balaban J connectivity index is 2.24. The molecular formula is C13H12N2O3S2. The third kappa shape index (κ3) is 3.52. The van der Waals surface area contributed by atoms with Crippen molar-refractivity contribution in [1.29, 1.82) is 0 Å². The first-order valence-corrected chi connectivity index (χ1v) is 7.90. The van der Waals surface area contributed by atoms with E-state index in [4.69, 9.17) is 22.7 Å². The molecule has 20 heavy (non-hydrogen) atoms. The van der Waals surface area contributed by atoms with E-state index in [-0.39, 0.29) is 9.88 Å². The smallest absolute Gasteiger partial charge is 0.175 e. The van der Waals surface area contributed by atoms with Crippen molar-refractivity contribution in [2.45, 2.75) is 4.90 Å². The molecule has 0 amide bonds. The van der Waals surface area contributed by atoms with Gasteiger partial charge in [-0.2, -0.15) is 0 Å². The van der Waals surface area contributed by atoms with Crippen LogP contribution >= 0.6 is 12.2 Å². The summed E-state index contributed by atoms with van der Waals surface area (Å²) >= 11 is 4.80. The number of nitrogens with zero attached hydrogens (tertiary/aromatic N) is 1. The number of sulfone groups is 1. The second-order valence-corrected chi connectivity index (χ2v) is 6.55. The van der Waals surface area contributed by atoms with Gasteiger partial charge < -0.3 is 10.5 Å². The fourth-order valence-electron chi connectivity index (χ4n) is 1.49. The molecule has 104 valence electrons. The van der Waals surface area contributed by atoms with E-state index in [9.17, 15) is 8.42 Å². The van der Waals surface area contributed by atoms with Crippen LogP contribution in [0.4, 0.5) is 0 Å². The molecule has 0 radical (unpaired) electrons. The number of aromatic nitrogens is 1. The molecule has 1 heterocycles. The standard InChI is InChI=1S/C13H12N2O3S2/c1-20(16,17)11-4-2-3-9(7-11)18-10-5-6-12(13(14)19)15-8-10/h2-8H,1H3,(H2,14,19). The van der Waals surface area contributed by atoms with Crippen LogP contribution in [0.5, 0.6) is 11.5 Å². The van der Waals surface area contributed by atoms with Gasteiger partial charge in [0.1, 0.15) is 16.5 Å². The summed E-state index contributed by atoms with van der Waals surface area (Å²) in [6.07, 6.45) is 2.62. The van der Waals surface area contributed by atoms with Gasteiger partial charge in [-0.1, -0.05) is 18.3 Å². The lowest BCUT2D eigenvalue weighted by atomic mass is 10.3. The zero-order valence-corrected chi connectivity index (χ0v) is 12.2. The van der Waals surface area contributed by atoms with E-state index >= 15 is 0 Å². The summed E-state index contributed by atoms with van der Waals surface area (Å²) in [4.78, 5) is 4.44. The molecule has 2 N–H and O–H groups in total. The highest BCUT2D eigenvalue weighted by Crippen LogP contribution is 2.23. The predicted octanol–water partition coefficient (Wildman–Crippen LogP) is 1.91. The maximum absolute atomic E-state index is 11.5. The summed E-state index contributed by atoms with van der Waals surface area (Å²) in [6, 6.07) is 9.54. The van der Waals surface area contributed by atoms with E-state index in [2.05, 4.69) is 4.98 Å². The molecule has 0 saturated heterocycles. The molecule has 7 heteroatoms. The van der Waals surface area contributed by atoms with E-state index in [1.807, 2.05) is 0 Å². The van der Waals surface area contributed by atoms with Gasteiger partial charge in [0.2, 0.25) is 0 Å². The predicted molar refractivity (Wildman–Crippen MR) is 79.8 cm³/mol. The van der Waals surface area contributed by atoms with Crippen LogP contribution in [0.25, 0.3) is 0 Å². The van der Waals surface area contributed by atoms with E-state index in [0.717, 1.165) is 6.26 Å². The minimum absolute atomic E-state index is 0.197. The maximum Gasteiger partial charge on any atom is 0.175 e. The topological polar surface area (TPSA) is 82.3 Å². The Bertz CT molecular complexity index is 740. The summed E-state index contributed by atoms with van der Waals surface area (Å²) in [5.74, 6) is 0.883. The molecule has 2 rings (SSSR count). The van der Waals surface area contributed by atoms with E-state index in [0.29, 0.717) is 17.2 Å². The molecule has 0 aliphatic carbocycles. The van der Waals surface area contributed by atoms with Crippen LogP contribution in [0.1, 0.15) is 5.69 Å². The molecular weight excluding hydrogens is 296 g/mol. The summed E-state index contributed by atoms with van der Waals surface area (Å²) < 4.78 is 28.5. The Hall–Kier alpha value is -1.99. The highest BCUT2D eigenvalue weighted by Gasteiger charge is 2.08. The number of ether oxygens (including phenoxy) is 1. The highest BCUT2D eigenvalue weighted by atomic mass is 32.2. The molecule has 0 saturated carbocycles. The number of benzene rings is 1. The molecule has 0 bridgehead atoms. The summed E-state index contributed by atoms with van der Waals surface area (Å²) in [7, 11) is -3.26. The Kier molecular flexibility index (Phi) is 4.01. The van der Waals surface area contributed by atoms with E-state index in [1.54, 1.807) is 24.3 Å². The van der Waals surface area contributed by atoms with Crippen molar-refractivity contribution in [2.75, 3.05) is 6.26 Å². The quantitative estimate of drug-likeness (QED) is 0.869. The fourth-order valence-corrected chi connectivity index (χ4v) is 2.27. The molecule has 0 fully saturated rings. The zero-order valence-electron chi connectivity index (χ0n) is 10.6. The first-order valence-electron chi connectivity index (χ1n) is 5.60. The minimum atomic E-state index is -3.26. The normalized spacial score (nSPS) is 11.1. The molecule has 2 aromatic rings. The number of rotatable bonds is 4. The van der Waals surface area contributed by atoms with Crippen molar-refractivity contribution in [3.05, 3.63) is 48.3 Å². The van der Waals surface area contributed by atoms with E-state index in [1.165, 1.54) is 18.3 Å². The average molecular weight is 308 g/mol. The van der Waals surface area contributed by atoms with Gasteiger partial charge in [0.05, 0.1) is 16.8 Å². The molecule has 5 nitrogen and oxygen atoms in total. The Morgan fingerprint density at radius 1 is 1.25 bits per heavy atom. The second kappa shape index (κ2) is 5.56. The number of pyridine rings is 1.